The maximum atomic E-state index is 11.7. The molecule has 1 aromatic carbocycles. The molecular weight excluding hydrogens is 222 g/mol. The standard InChI is InChI=1S/C12H19NO2S/c1-11(2)7-6-10-16(14,15)13-12-8-4-3-5-9-12/h3-5,8-9,11,13H,6-7,10H2,1-2H3. The molecule has 0 fully saturated rings. The Labute approximate surface area is 97.9 Å². The third kappa shape index (κ3) is 5.16. The molecule has 0 aliphatic rings. The number of hydrogen-bond acceptors (Lipinski definition) is 2. The molecule has 0 heterocycles. The molecule has 0 unspecified atom stereocenters. The van der Waals surface area contributed by atoms with E-state index in [0.29, 0.717) is 18.0 Å². The van der Waals surface area contributed by atoms with Gasteiger partial charge in [0.25, 0.3) is 0 Å². The van der Waals surface area contributed by atoms with Gasteiger partial charge in [-0.1, -0.05) is 32.0 Å². The summed E-state index contributed by atoms with van der Waals surface area (Å²) in [6.45, 7) is 4.19. The van der Waals surface area contributed by atoms with Crippen molar-refractivity contribution in [2.24, 2.45) is 5.92 Å². The second-order valence-corrected chi connectivity index (χ2v) is 6.16. The van der Waals surface area contributed by atoms with Crippen LogP contribution < -0.4 is 4.72 Å². The molecule has 16 heavy (non-hydrogen) atoms. The molecule has 0 amide bonds. The van der Waals surface area contributed by atoms with Gasteiger partial charge in [-0.3, -0.25) is 4.72 Å². The lowest BCUT2D eigenvalue weighted by atomic mass is 10.1. The number of benzene rings is 1. The predicted octanol–water partition coefficient (Wildman–Crippen LogP) is 2.86. The predicted molar refractivity (Wildman–Crippen MR) is 67.9 cm³/mol. The molecule has 0 saturated carbocycles. The van der Waals surface area contributed by atoms with Gasteiger partial charge in [-0.05, 0) is 30.9 Å². The number of hydrogen-bond donors (Lipinski definition) is 1. The van der Waals surface area contributed by atoms with Crippen molar-refractivity contribution in [3.05, 3.63) is 30.3 Å². The highest BCUT2D eigenvalue weighted by atomic mass is 32.2. The van der Waals surface area contributed by atoms with Gasteiger partial charge in [0.15, 0.2) is 0 Å². The molecule has 1 N–H and O–H groups in total. The first-order valence-corrected chi connectivity index (χ1v) is 7.20. The summed E-state index contributed by atoms with van der Waals surface area (Å²) in [5.74, 6) is 0.743. The largest absolute Gasteiger partial charge is 0.284 e. The van der Waals surface area contributed by atoms with Crippen LogP contribution in [0.2, 0.25) is 0 Å². The smallest absolute Gasteiger partial charge is 0.232 e. The molecule has 3 nitrogen and oxygen atoms in total. The van der Waals surface area contributed by atoms with Crippen LogP contribution in [-0.4, -0.2) is 14.2 Å². The third-order valence-electron chi connectivity index (χ3n) is 2.24. The Balaban J connectivity index is 2.46. The Bertz CT molecular complexity index is 398. The number of sulfonamides is 1. The van der Waals surface area contributed by atoms with Gasteiger partial charge in [-0.2, -0.15) is 0 Å². The molecule has 1 aromatic rings. The normalized spacial score (nSPS) is 11.7. The minimum atomic E-state index is -3.18. The van der Waals surface area contributed by atoms with Crippen LogP contribution in [-0.2, 0) is 10.0 Å². The monoisotopic (exact) mass is 241 g/mol. The van der Waals surface area contributed by atoms with E-state index >= 15 is 0 Å². The van der Waals surface area contributed by atoms with Crippen molar-refractivity contribution in [3.8, 4) is 0 Å². The summed E-state index contributed by atoms with van der Waals surface area (Å²) in [5.41, 5.74) is 0.632. The van der Waals surface area contributed by atoms with Crippen molar-refractivity contribution in [3.63, 3.8) is 0 Å². The van der Waals surface area contributed by atoms with Gasteiger partial charge in [0.05, 0.1) is 5.75 Å². The first-order valence-electron chi connectivity index (χ1n) is 5.55. The molecule has 0 bridgehead atoms. The van der Waals surface area contributed by atoms with E-state index in [9.17, 15) is 8.42 Å². The van der Waals surface area contributed by atoms with E-state index in [1.807, 2.05) is 18.2 Å². The van der Waals surface area contributed by atoms with Gasteiger partial charge < -0.3 is 0 Å². The van der Waals surface area contributed by atoms with Crippen LogP contribution in [0, 0.1) is 5.92 Å². The lowest BCUT2D eigenvalue weighted by Crippen LogP contribution is -2.16. The van der Waals surface area contributed by atoms with Crippen LogP contribution in [0.3, 0.4) is 0 Å². The van der Waals surface area contributed by atoms with Crippen LogP contribution in [0.1, 0.15) is 26.7 Å². The van der Waals surface area contributed by atoms with Crippen LogP contribution >= 0.6 is 0 Å². The number of nitrogens with one attached hydrogen (secondary N) is 1. The summed E-state index contributed by atoms with van der Waals surface area (Å²) < 4.78 is 25.9. The van der Waals surface area contributed by atoms with Gasteiger partial charge in [-0.15, -0.1) is 0 Å². The van der Waals surface area contributed by atoms with E-state index in [-0.39, 0.29) is 5.75 Å². The number of anilines is 1. The van der Waals surface area contributed by atoms with Crippen molar-refractivity contribution < 1.29 is 8.42 Å². The van der Waals surface area contributed by atoms with Crippen LogP contribution in [0.4, 0.5) is 5.69 Å². The topological polar surface area (TPSA) is 46.2 Å². The van der Waals surface area contributed by atoms with Gasteiger partial charge in [-0.25, -0.2) is 8.42 Å². The molecule has 0 radical (unpaired) electrons. The summed E-state index contributed by atoms with van der Waals surface area (Å²) in [6.07, 6.45) is 1.65. The molecule has 0 aliphatic carbocycles. The second-order valence-electron chi connectivity index (χ2n) is 4.32. The Hall–Kier alpha value is -1.03. The summed E-state index contributed by atoms with van der Waals surface area (Å²) in [4.78, 5) is 0. The van der Waals surface area contributed by atoms with Crippen LogP contribution in [0.15, 0.2) is 30.3 Å². The number of rotatable bonds is 6. The second kappa shape index (κ2) is 5.89. The Morgan fingerprint density at radius 1 is 1.19 bits per heavy atom. The highest BCUT2D eigenvalue weighted by Gasteiger charge is 2.09. The van der Waals surface area contributed by atoms with Gasteiger partial charge >= 0.3 is 0 Å². The maximum absolute atomic E-state index is 11.7. The van der Waals surface area contributed by atoms with E-state index in [1.165, 1.54) is 0 Å². The maximum Gasteiger partial charge on any atom is 0.232 e. The molecule has 0 aliphatic heterocycles. The fourth-order valence-electron chi connectivity index (χ4n) is 1.42. The minimum Gasteiger partial charge on any atom is -0.284 e. The molecule has 0 aromatic heterocycles. The SMILES string of the molecule is CC(C)CCCS(=O)(=O)Nc1ccccc1. The number of para-hydroxylation sites is 1. The van der Waals surface area contributed by atoms with Crippen LogP contribution in [0.5, 0.6) is 0 Å². The summed E-state index contributed by atoms with van der Waals surface area (Å²) >= 11 is 0. The molecule has 4 heteroatoms. The highest BCUT2D eigenvalue weighted by molar-refractivity contribution is 7.92. The van der Waals surface area contributed by atoms with Crippen LogP contribution in [0.25, 0.3) is 0 Å². The molecule has 90 valence electrons. The van der Waals surface area contributed by atoms with E-state index in [4.69, 9.17) is 0 Å². The first kappa shape index (κ1) is 13.0. The Morgan fingerprint density at radius 2 is 1.81 bits per heavy atom. The van der Waals surface area contributed by atoms with Crippen molar-refractivity contribution in [1.82, 2.24) is 0 Å². The quantitative estimate of drug-likeness (QED) is 0.832. The van der Waals surface area contributed by atoms with Crippen molar-refractivity contribution >= 4 is 15.7 Å². The van der Waals surface area contributed by atoms with Crippen molar-refractivity contribution in [2.75, 3.05) is 10.5 Å². The minimum absolute atomic E-state index is 0.195. The Morgan fingerprint density at radius 3 is 2.38 bits per heavy atom. The van der Waals surface area contributed by atoms with E-state index in [2.05, 4.69) is 18.6 Å². The highest BCUT2D eigenvalue weighted by Crippen LogP contribution is 2.10. The average molecular weight is 241 g/mol. The fraction of sp³-hybridized carbons (Fsp3) is 0.500. The summed E-state index contributed by atoms with van der Waals surface area (Å²) in [7, 11) is -3.18. The summed E-state index contributed by atoms with van der Waals surface area (Å²) in [5, 5.41) is 0. The van der Waals surface area contributed by atoms with Crippen molar-refractivity contribution in [1.29, 1.82) is 0 Å². The zero-order valence-corrected chi connectivity index (χ0v) is 10.6. The lowest BCUT2D eigenvalue weighted by molar-refractivity contribution is 0.562. The first-order chi connectivity index (χ1) is 7.49. The van der Waals surface area contributed by atoms with E-state index in [1.54, 1.807) is 12.1 Å². The average Bonchev–Trinajstić information content (AvgIpc) is 2.17. The molecule has 0 saturated heterocycles. The van der Waals surface area contributed by atoms with Gasteiger partial charge in [0.1, 0.15) is 0 Å². The molecular formula is C12H19NO2S. The van der Waals surface area contributed by atoms with Gasteiger partial charge in [0.2, 0.25) is 10.0 Å². The zero-order valence-electron chi connectivity index (χ0n) is 9.81. The molecule has 1 rings (SSSR count). The zero-order chi connectivity index (χ0) is 12.0. The van der Waals surface area contributed by atoms with E-state index < -0.39 is 10.0 Å². The summed E-state index contributed by atoms with van der Waals surface area (Å²) in [6, 6.07) is 8.98. The fourth-order valence-corrected chi connectivity index (χ4v) is 2.56. The third-order valence-corrected chi connectivity index (χ3v) is 3.61. The Kier molecular flexibility index (Phi) is 4.80. The lowest BCUT2D eigenvalue weighted by Gasteiger charge is -2.08. The van der Waals surface area contributed by atoms with E-state index in [0.717, 1.165) is 6.42 Å². The van der Waals surface area contributed by atoms with Crippen molar-refractivity contribution in [2.45, 2.75) is 26.7 Å². The van der Waals surface area contributed by atoms with Gasteiger partial charge in [0, 0.05) is 5.69 Å². The molecule has 0 atom stereocenters. The molecule has 0 spiro atoms.